The molecule has 1 N–H and O–H groups in total. The van der Waals surface area contributed by atoms with Crippen LogP contribution in [0.1, 0.15) is 6.42 Å². The van der Waals surface area contributed by atoms with E-state index in [9.17, 15) is 4.79 Å². The van der Waals surface area contributed by atoms with E-state index in [0.717, 1.165) is 13.0 Å². The van der Waals surface area contributed by atoms with Crippen molar-refractivity contribution in [2.45, 2.75) is 25.2 Å². The van der Waals surface area contributed by atoms with Gasteiger partial charge in [0.05, 0.1) is 13.1 Å². The number of aryl methyl sites for hydroxylation is 1. The summed E-state index contributed by atoms with van der Waals surface area (Å²) >= 11 is 0. The largest absolute Gasteiger partial charge is 0.377 e. The number of hydrogen-bond donors (Lipinski definition) is 1. The Kier molecular flexibility index (Phi) is 5.37. The number of nitrogens with one attached hydrogen (secondary N) is 1. The van der Waals surface area contributed by atoms with E-state index in [-0.39, 0.29) is 18.2 Å². The van der Waals surface area contributed by atoms with Crippen LogP contribution in [0.25, 0.3) is 0 Å². The molecule has 2 atom stereocenters. The molecule has 7 heteroatoms. The molecule has 2 heterocycles. The fraction of sp³-hybridized carbons (Fsp3) is 0.692. The zero-order valence-corrected chi connectivity index (χ0v) is 12.0. The van der Waals surface area contributed by atoms with Crippen molar-refractivity contribution in [3.63, 3.8) is 0 Å². The minimum atomic E-state index is -0.0629. The van der Waals surface area contributed by atoms with Crippen molar-refractivity contribution < 1.29 is 14.3 Å². The summed E-state index contributed by atoms with van der Waals surface area (Å²) in [5.41, 5.74) is 0. The van der Waals surface area contributed by atoms with Gasteiger partial charge in [-0.25, -0.2) is 4.79 Å². The van der Waals surface area contributed by atoms with Gasteiger partial charge < -0.3 is 19.7 Å². The van der Waals surface area contributed by atoms with Gasteiger partial charge in [-0.2, -0.15) is 5.10 Å². The maximum atomic E-state index is 12.0. The second-order valence-corrected chi connectivity index (χ2v) is 4.81. The first-order chi connectivity index (χ1) is 9.74. The average molecular weight is 282 g/mol. The number of rotatable bonds is 6. The Balaban J connectivity index is 1.67. The standard InChI is InChI=1S/C13H22N4O3/c1-19-11-9-16(10-12(11)20-2)13(18)14-5-3-7-17-8-4-6-15-17/h4,6,8,11-12H,3,5,7,9-10H2,1-2H3,(H,14,18)/t11-,12+. The molecule has 112 valence electrons. The highest BCUT2D eigenvalue weighted by Crippen LogP contribution is 2.15. The third kappa shape index (κ3) is 3.71. The number of hydrogen-bond acceptors (Lipinski definition) is 4. The quantitative estimate of drug-likeness (QED) is 0.763. The third-order valence-corrected chi connectivity index (χ3v) is 3.51. The minimum absolute atomic E-state index is 0.0465. The Morgan fingerprint density at radius 2 is 2.05 bits per heavy atom. The van der Waals surface area contributed by atoms with Crippen molar-refractivity contribution in [3.8, 4) is 0 Å². The first-order valence-corrected chi connectivity index (χ1v) is 6.80. The SMILES string of the molecule is CO[C@H]1CN(C(=O)NCCCn2cccn2)C[C@H]1OC. The molecule has 0 unspecified atom stereocenters. The van der Waals surface area contributed by atoms with Gasteiger partial charge >= 0.3 is 6.03 Å². The Labute approximate surface area is 118 Å². The minimum Gasteiger partial charge on any atom is -0.377 e. The Morgan fingerprint density at radius 1 is 1.35 bits per heavy atom. The summed E-state index contributed by atoms with van der Waals surface area (Å²) in [6.45, 7) is 2.57. The molecule has 1 saturated heterocycles. The van der Waals surface area contributed by atoms with Crippen LogP contribution >= 0.6 is 0 Å². The smallest absolute Gasteiger partial charge is 0.317 e. The summed E-state index contributed by atoms with van der Waals surface area (Å²) in [6.07, 6.45) is 4.42. The van der Waals surface area contributed by atoms with Crippen LogP contribution in [0.15, 0.2) is 18.5 Å². The summed E-state index contributed by atoms with van der Waals surface area (Å²) in [5, 5.41) is 7.02. The van der Waals surface area contributed by atoms with Crippen molar-refractivity contribution in [3.05, 3.63) is 18.5 Å². The van der Waals surface area contributed by atoms with E-state index in [1.54, 1.807) is 25.3 Å². The van der Waals surface area contributed by atoms with Crippen LogP contribution in [-0.2, 0) is 16.0 Å². The van der Waals surface area contributed by atoms with E-state index >= 15 is 0 Å². The highest BCUT2D eigenvalue weighted by Gasteiger charge is 2.35. The molecule has 0 spiro atoms. The van der Waals surface area contributed by atoms with E-state index < -0.39 is 0 Å². The molecule has 1 aromatic rings. The normalized spacial score (nSPS) is 22.2. The lowest BCUT2D eigenvalue weighted by Crippen LogP contribution is -2.39. The maximum Gasteiger partial charge on any atom is 0.317 e. The summed E-state index contributed by atoms with van der Waals surface area (Å²) in [6, 6.07) is 1.82. The van der Waals surface area contributed by atoms with Gasteiger partial charge in [0.15, 0.2) is 0 Å². The van der Waals surface area contributed by atoms with Crippen molar-refractivity contribution in [1.82, 2.24) is 20.0 Å². The molecule has 0 aromatic carbocycles. The van der Waals surface area contributed by atoms with Gasteiger partial charge in [-0.3, -0.25) is 4.68 Å². The zero-order chi connectivity index (χ0) is 14.4. The molecule has 0 saturated carbocycles. The summed E-state index contributed by atoms with van der Waals surface area (Å²) < 4.78 is 12.5. The number of amides is 2. The van der Waals surface area contributed by atoms with Gasteiger partial charge in [-0.05, 0) is 12.5 Å². The molecular weight excluding hydrogens is 260 g/mol. The lowest BCUT2D eigenvalue weighted by atomic mass is 10.3. The first-order valence-electron chi connectivity index (χ1n) is 6.80. The number of aromatic nitrogens is 2. The first kappa shape index (κ1) is 14.8. The molecule has 1 fully saturated rings. The molecule has 1 aliphatic rings. The van der Waals surface area contributed by atoms with E-state index in [0.29, 0.717) is 19.6 Å². The van der Waals surface area contributed by atoms with Gasteiger partial charge in [-0.1, -0.05) is 0 Å². The molecule has 7 nitrogen and oxygen atoms in total. The molecule has 20 heavy (non-hydrogen) atoms. The summed E-state index contributed by atoms with van der Waals surface area (Å²) in [4.78, 5) is 13.7. The molecule has 0 bridgehead atoms. The number of nitrogens with zero attached hydrogens (tertiary/aromatic N) is 3. The van der Waals surface area contributed by atoms with Crippen LogP contribution in [0.4, 0.5) is 4.79 Å². The second kappa shape index (κ2) is 7.25. The van der Waals surface area contributed by atoms with E-state index in [4.69, 9.17) is 9.47 Å². The fourth-order valence-corrected chi connectivity index (χ4v) is 2.34. The summed E-state index contributed by atoms with van der Waals surface area (Å²) in [7, 11) is 3.28. The molecule has 2 rings (SSSR count). The van der Waals surface area contributed by atoms with Crippen LogP contribution in [0.5, 0.6) is 0 Å². The maximum absolute atomic E-state index is 12.0. The zero-order valence-electron chi connectivity index (χ0n) is 12.0. The van der Waals surface area contributed by atoms with Crippen molar-refractivity contribution in [2.24, 2.45) is 0 Å². The highest BCUT2D eigenvalue weighted by atomic mass is 16.5. The molecule has 1 aliphatic heterocycles. The van der Waals surface area contributed by atoms with Crippen LogP contribution in [0.3, 0.4) is 0 Å². The lowest BCUT2D eigenvalue weighted by molar-refractivity contribution is -0.00461. The number of ether oxygens (including phenoxy) is 2. The van der Waals surface area contributed by atoms with Crippen LogP contribution in [0, 0.1) is 0 Å². The van der Waals surface area contributed by atoms with Crippen LogP contribution in [-0.4, -0.2) is 66.8 Å². The molecule has 2 amide bonds. The number of likely N-dealkylation sites (tertiary alicyclic amines) is 1. The van der Waals surface area contributed by atoms with Crippen molar-refractivity contribution in [2.75, 3.05) is 33.9 Å². The van der Waals surface area contributed by atoms with Gasteiger partial charge in [0.25, 0.3) is 0 Å². The van der Waals surface area contributed by atoms with E-state index in [1.165, 1.54) is 0 Å². The molecule has 0 aliphatic carbocycles. The van der Waals surface area contributed by atoms with Gasteiger partial charge in [0, 0.05) is 39.7 Å². The summed E-state index contributed by atoms with van der Waals surface area (Å²) in [5.74, 6) is 0. The van der Waals surface area contributed by atoms with E-state index in [1.807, 2.05) is 16.9 Å². The topological polar surface area (TPSA) is 68.6 Å². The fourth-order valence-electron chi connectivity index (χ4n) is 2.34. The third-order valence-electron chi connectivity index (χ3n) is 3.51. The number of methoxy groups -OCH3 is 2. The lowest BCUT2D eigenvalue weighted by Gasteiger charge is -2.16. The molecular formula is C13H22N4O3. The van der Waals surface area contributed by atoms with Gasteiger partial charge in [0.2, 0.25) is 0 Å². The van der Waals surface area contributed by atoms with E-state index in [2.05, 4.69) is 10.4 Å². The van der Waals surface area contributed by atoms with Crippen LogP contribution < -0.4 is 5.32 Å². The predicted octanol–water partition coefficient (Wildman–Crippen LogP) is 0.328. The highest BCUT2D eigenvalue weighted by molar-refractivity contribution is 5.74. The Morgan fingerprint density at radius 3 is 2.60 bits per heavy atom. The number of carbonyl (C=O) groups is 1. The molecule has 0 radical (unpaired) electrons. The average Bonchev–Trinajstić information content (AvgIpc) is 3.11. The Bertz CT molecular complexity index is 398. The van der Waals surface area contributed by atoms with Crippen molar-refractivity contribution >= 4 is 6.03 Å². The monoisotopic (exact) mass is 282 g/mol. The number of urea groups is 1. The van der Waals surface area contributed by atoms with Gasteiger partial charge in [-0.15, -0.1) is 0 Å². The van der Waals surface area contributed by atoms with Crippen molar-refractivity contribution in [1.29, 1.82) is 0 Å². The second-order valence-electron chi connectivity index (χ2n) is 4.81. The number of carbonyl (C=O) groups excluding carboxylic acids is 1. The predicted molar refractivity (Wildman–Crippen MR) is 73.4 cm³/mol. The molecule has 1 aromatic heterocycles. The van der Waals surface area contributed by atoms with Crippen LogP contribution in [0.2, 0.25) is 0 Å². The Hall–Kier alpha value is -1.60. The van der Waals surface area contributed by atoms with Gasteiger partial charge in [0.1, 0.15) is 12.2 Å².